The summed E-state index contributed by atoms with van der Waals surface area (Å²) in [5.41, 5.74) is -1.80. The molecule has 0 radical (unpaired) electrons. The van der Waals surface area contributed by atoms with Gasteiger partial charge in [-0.2, -0.15) is 26.3 Å². The maximum atomic E-state index is 12.8. The fourth-order valence-corrected chi connectivity index (χ4v) is 2.92. The van der Waals surface area contributed by atoms with Crippen LogP contribution in [0.25, 0.3) is 0 Å². The van der Waals surface area contributed by atoms with E-state index >= 15 is 0 Å². The molecule has 10 heteroatoms. The van der Waals surface area contributed by atoms with Gasteiger partial charge < -0.3 is 5.32 Å². The van der Waals surface area contributed by atoms with Gasteiger partial charge in [-0.3, -0.25) is 9.00 Å². The zero-order chi connectivity index (χ0) is 17.8. The highest BCUT2D eigenvalue weighted by Gasteiger charge is 2.35. The minimum absolute atomic E-state index is 0.514. The van der Waals surface area contributed by atoms with Crippen LogP contribution in [0.5, 0.6) is 0 Å². The van der Waals surface area contributed by atoms with Crippen LogP contribution in [0.3, 0.4) is 0 Å². The highest BCUT2D eigenvalue weighted by molar-refractivity contribution is 7.85. The van der Waals surface area contributed by atoms with Gasteiger partial charge >= 0.3 is 12.4 Å². The maximum Gasteiger partial charge on any atom is 0.417 e. The predicted octanol–water partition coefficient (Wildman–Crippen LogP) is 3.13. The molecular weight excluding hydrogens is 348 g/mol. The Morgan fingerprint density at radius 1 is 1.17 bits per heavy atom. The molecule has 0 aliphatic carbocycles. The van der Waals surface area contributed by atoms with Gasteiger partial charge in [0.15, 0.2) is 0 Å². The fraction of sp³-hybridized carbons (Fsp3) is 0.462. The number of rotatable bonds is 5. The number of benzene rings is 1. The van der Waals surface area contributed by atoms with E-state index in [0.717, 1.165) is 18.2 Å². The summed E-state index contributed by atoms with van der Waals surface area (Å²) in [6.45, 7) is 1.27. The standard InChI is InChI=1S/C13H13F6NO2S/c1-8(6-23(22)7-12(14,15)16)20-11(21)9-4-2-3-5-10(9)13(17,18)19/h2-5,8H,6-7H2,1H3,(H,20,21)/t8-,23?/m1/s1. The second-order valence-corrected chi connectivity index (χ2v) is 6.29. The van der Waals surface area contributed by atoms with Crippen LogP contribution in [-0.2, 0) is 17.0 Å². The van der Waals surface area contributed by atoms with Crippen molar-refractivity contribution in [2.24, 2.45) is 0 Å². The van der Waals surface area contributed by atoms with Crippen LogP contribution in [0.1, 0.15) is 22.8 Å². The van der Waals surface area contributed by atoms with Crippen molar-refractivity contribution in [2.75, 3.05) is 11.5 Å². The molecule has 1 aromatic rings. The van der Waals surface area contributed by atoms with Gasteiger partial charge in [0.25, 0.3) is 5.91 Å². The summed E-state index contributed by atoms with van der Waals surface area (Å²) in [5, 5.41) is 2.13. The second-order valence-electron chi connectivity index (χ2n) is 4.78. The number of nitrogens with one attached hydrogen (secondary N) is 1. The number of alkyl halides is 6. The Kier molecular flexibility index (Phi) is 6.20. The van der Waals surface area contributed by atoms with Crippen LogP contribution >= 0.6 is 0 Å². The lowest BCUT2D eigenvalue weighted by atomic mass is 10.1. The topological polar surface area (TPSA) is 46.2 Å². The first kappa shape index (κ1) is 19.5. The van der Waals surface area contributed by atoms with E-state index < -0.39 is 57.7 Å². The fourth-order valence-electron chi connectivity index (χ4n) is 1.79. The van der Waals surface area contributed by atoms with Crippen molar-refractivity contribution in [3.05, 3.63) is 35.4 Å². The minimum atomic E-state index is -4.74. The van der Waals surface area contributed by atoms with E-state index in [1.165, 1.54) is 13.0 Å². The smallest absolute Gasteiger partial charge is 0.349 e. The molecule has 23 heavy (non-hydrogen) atoms. The summed E-state index contributed by atoms with van der Waals surface area (Å²) in [5.74, 6) is -3.14. The molecule has 1 unspecified atom stereocenters. The lowest BCUT2D eigenvalue weighted by molar-refractivity contribution is -0.138. The van der Waals surface area contributed by atoms with Crippen molar-refractivity contribution in [3.8, 4) is 0 Å². The molecule has 0 aliphatic rings. The van der Waals surface area contributed by atoms with E-state index in [1.54, 1.807) is 0 Å². The molecule has 0 fully saturated rings. The maximum absolute atomic E-state index is 12.8. The Bertz CT molecular complexity index is 585. The number of amides is 1. The molecule has 1 amide bonds. The Hall–Kier alpha value is -1.58. The zero-order valence-electron chi connectivity index (χ0n) is 11.8. The quantitative estimate of drug-likeness (QED) is 0.819. The largest absolute Gasteiger partial charge is 0.417 e. The van der Waals surface area contributed by atoms with Crippen LogP contribution in [0, 0.1) is 0 Å². The van der Waals surface area contributed by atoms with Gasteiger partial charge in [-0.15, -0.1) is 0 Å². The molecule has 0 aromatic heterocycles. The van der Waals surface area contributed by atoms with Crippen molar-refractivity contribution < 1.29 is 35.3 Å². The highest BCUT2D eigenvalue weighted by atomic mass is 32.2. The number of halogens is 6. The highest BCUT2D eigenvalue weighted by Crippen LogP contribution is 2.31. The molecule has 1 N–H and O–H groups in total. The molecule has 1 rings (SSSR count). The molecule has 0 heterocycles. The van der Waals surface area contributed by atoms with Crippen molar-refractivity contribution in [1.29, 1.82) is 0 Å². The summed E-state index contributed by atoms with van der Waals surface area (Å²) >= 11 is 0. The van der Waals surface area contributed by atoms with Gasteiger partial charge in [0, 0.05) is 22.6 Å². The number of hydrogen-bond donors (Lipinski definition) is 1. The van der Waals surface area contributed by atoms with Crippen LogP contribution in [0.15, 0.2) is 24.3 Å². The van der Waals surface area contributed by atoms with E-state index in [9.17, 15) is 35.3 Å². The van der Waals surface area contributed by atoms with E-state index in [1.807, 2.05) is 0 Å². The normalized spacial score (nSPS) is 15.1. The summed E-state index contributed by atoms with van der Waals surface area (Å²) in [6, 6.07) is 3.05. The molecule has 130 valence electrons. The van der Waals surface area contributed by atoms with E-state index in [4.69, 9.17) is 0 Å². The van der Waals surface area contributed by atoms with Crippen LogP contribution < -0.4 is 5.32 Å². The Balaban J connectivity index is 2.76. The van der Waals surface area contributed by atoms with Crippen molar-refractivity contribution in [3.63, 3.8) is 0 Å². The zero-order valence-corrected chi connectivity index (χ0v) is 12.6. The lowest BCUT2D eigenvalue weighted by Gasteiger charge is -2.17. The van der Waals surface area contributed by atoms with E-state index in [2.05, 4.69) is 5.32 Å². The van der Waals surface area contributed by atoms with Crippen LogP contribution in [-0.4, -0.2) is 33.8 Å². The van der Waals surface area contributed by atoms with Crippen LogP contribution in [0.4, 0.5) is 26.3 Å². The van der Waals surface area contributed by atoms with Gasteiger partial charge in [0.1, 0.15) is 5.75 Å². The van der Waals surface area contributed by atoms with Crippen molar-refractivity contribution >= 4 is 16.7 Å². The van der Waals surface area contributed by atoms with E-state index in [-0.39, 0.29) is 0 Å². The van der Waals surface area contributed by atoms with Crippen LogP contribution in [0.2, 0.25) is 0 Å². The average molecular weight is 361 g/mol. The molecule has 0 bridgehead atoms. The molecule has 0 saturated heterocycles. The van der Waals surface area contributed by atoms with Gasteiger partial charge in [-0.25, -0.2) is 0 Å². The third-order valence-corrected chi connectivity index (χ3v) is 4.14. The Morgan fingerprint density at radius 3 is 2.26 bits per heavy atom. The Morgan fingerprint density at radius 2 is 1.74 bits per heavy atom. The molecule has 0 aliphatic heterocycles. The number of carbonyl (C=O) groups is 1. The third-order valence-electron chi connectivity index (χ3n) is 2.62. The number of carbonyl (C=O) groups excluding carboxylic acids is 1. The van der Waals surface area contributed by atoms with Crippen molar-refractivity contribution in [2.45, 2.75) is 25.3 Å². The van der Waals surface area contributed by atoms with Gasteiger partial charge in [0.2, 0.25) is 0 Å². The molecule has 2 atom stereocenters. The molecule has 1 aromatic carbocycles. The summed E-state index contributed by atoms with van der Waals surface area (Å²) in [7, 11) is -2.28. The molecule has 0 saturated carbocycles. The SMILES string of the molecule is C[C@H](CS(=O)CC(F)(F)F)NC(=O)c1ccccc1C(F)(F)F. The first-order chi connectivity index (χ1) is 10.4. The summed E-state index contributed by atoms with van der Waals surface area (Å²) in [6.07, 6.45) is -9.35. The molecule has 3 nitrogen and oxygen atoms in total. The summed E-state index contributed by atoms with van der Waals surface area (Å²) < 4.78 is 85.8. The third kappa shape index (κ3) is 6.59. The summed E-state index contributed by atoms with van der Waals surface area (Å²) in [4.78, 5) is 11.9. The predicted molar refractivity (Wildman–Crippen MR) is 72.3 cm³/mol. The second kappa shape index (κ2) is 7.33. The number of hydrogen-bond acceptors (Lipinski definition) is 2. The van der Waals surface area contributed by atoms with Gasteiger partial charge in [0.05, 0.1) is 11.1 Å². The lowest BCUT2D eigenvalue weighted by Crippen LogP contribution is -2.38. The monoisotopic (exact) mass is 361 g/mol. The Labute approximate surface area is 130 Å². The van der Waals surface area contributed by atoms with E-state index in [0.29, 0.717) is 0 Å². The van der Waals surface area contributed by atoms with Gasteiger partial charge in [-0.1, -0.05) is 12.1 Å². The first-order valence-corrected chi connectivity index (χ1v) is 7.78. The molecule has 0 spiro atoms. The first-order valence-electron chi connectivity index (χ1n) is 6.29. The molecular formula is C13H13F6NO2S. The average Bonchev–Trinajstić information content (AvgIpc) is 2.34. The van der Waals surface area contributed by atoms with Gasteiger partial charge in [-0.05, 0) is 19.1 Å². The minimum Gasteiger partial charge on any atom is -0.349 e. The van der Waals surface area contributed by atoms with Crippen molar-refractivity contribution in [1.82, 2.24) is 5.32 Å².